The van der Waals surface area contributed by atoms with Gasteiger partial charge in [-0.3, -0.25) is 9.80 Å². The Hall–Kier alpha value is -1.31. The van der Waals surface area contributed by atoms with Crippen molar-refractivity contribution in [3.8, 4) is 0 Å². The second kappa shape index (κ2) is 3.39. The fourth-order valence-electron chi connectivity index (χ4n) is 0.322. The van der Waals surface area contributed by atoms with Crippen LogP contribution in [0.25, 0.3) is 0 Å². The summed E-state index contributed by atoms with van der Waals surface area (Å²) >= 11 is 0. The number of nitrogens with zero attached hydrogens (tertiary/aromatic N) is 1. The third-order valence-corrected chi connectivity index (χ3v) is 0.913. The van der Waals surface area contributed by atoms with E-state index in [0.717, 1.165) is 0 Å². The summed E-state index contributed by atoms with van der Waals surface area (Å²) in [5.74, 6) is 2.53. The molecule has 4 N–H and O–H groups in total. The maximum Gasteiger partial charge on any atom is 0.451 e. The summed E-state index contributed by atoms with van der Waals surface area (Å²) in [5.41, 5.74) is 4.47. The molecule has 0 unspecified atom stereocenters. The van der Waals surface area contributed by atoms with Crippen LogP contribution in [-0.4, -0.2) is 29.5 Å². The number of hydrogen-bond acceptors (Lipinski definition) is 3. The molecule has 0 radical (unpaired) electrons. The minimum atomic E-state index is -4.99. The van der Waals surface area contributed by atoms with E-state index in [1.807, 2.05) is 0 Å². The number of rotatable bonds is 2. The Labute approximate surface area is 65.1 Å². The predicted octanol–water partition coefficient (Wildman–Crippen LogP) is -0.628. The maximum absolute atomic E-state index is 11.5. The van der Waals surface area contributed by atoms with Crippen LogP contribution in [0.15, 0.2) is 0 Å². The van der Waals surface area contributed by atoms with Crippen molar-refractivity contribution in [1.29, 1.82) is 0 Å². The number of hydrazine groups is 1. The minimum Gasteiger partial charge on any atom is -0.350 e. The number of Topliss-reactive ketones (excluding diaryl/α,β-unsaturated/α-hetero) is 1. The van der Waals surface area contributed by atoms with Gasteiger partial charge in [-0.1, -0.05) is 0 Å². The molecule has 12 heavy (non-hydrogen) atoms. The van der Waals surface area contributed by atoms with Crippen molar-refractivity contribution in [2.75, 3.05) is 6.54 Å². The third kappa shape index (κ3) is 3.19. The van der Waals surface area contributed by atoms with E-state index >= 15 is 0 Å². The average molecular weight is 185 g/mol. The number of primary amides is 1. The normalized spacial score (nSPS) is 11.0. The molecule has 0 saturated carbocycles. The number of carbonyl (C=O) groups excluding carboxylic acids is 2. The smallest absolute Gasteiger partial charge is 0.350 e. The van der Waals surface area contributed by atoms with Gasteiger partial charge in [-0.05, 0) is 0 Å². The first-order chi connectivity index (χ1) is 5.25. The van der Waals surface area contributed by atoms with Crippen LogP contribution in [0.1, 0.15) is 0 Å². The first kappa shape index (κ1) is 10.7. The summed E-state index contributed by atoms with van der Waals surface area (Å²) in [6.45, 7) is -1.27. The van der Waals surface area contributed by atoms with Crippen LogP contribution in [0, 0.1) is 0 Å². The lowest BCUT2D eigenvalue weighted by molar-refractivity contribution is -0.171. The van der Waals surface area contributed by atoms with Crippen molar-refractivity contribution in [3.63, 3.8) is 0 Å². The molecule has 0 aromatic rings. The monoisotopic (exact) mass is 185 g/mol. The quantitative estimate of drug-likeness (QED) is 0.341. The SMILES string of the molecule is NC(=O)N(N)CC(=O)C(F)(F)F. The maximum atomic E-state index is 11.5. The van der Waals surface area contributed by atoms with E-state index in [9.17, 15) is 22.8 Å². The zero-order chi connectivity index (χ0) is 9.94. The highest BCUT2D eigenvalue weighted by Gasteiger charge is 2.39. The molecule has 0 bridgehead atoms. The molecular weight excluding hydrogens is 179 g/mol. The summed E-state index contributed by atoms with van der Waals surface area (Å²) in [7, 11) is 0. The lowest BCUT2D eigenvalue weighted by Gasteiger charge is -2.13. The van der Waals surface area contributed by atoms with Crippen LogP contribution in [0.2, 0.25) is 0 Å². The molecule has 0 aliphatic rings. The molecule has 5 nitrogen and oxygen atoms in total. The number of alkyl halides is 3. The molecule has 0 heterocycles. The highest BCUT2D eigenvalue weighted by atomic mass is 19.4. The molecule has 0 fully saturated rings. The van der Waals surface area contributed by atoms with Gasteiger partial charge in [-0.2, -0.15) is 13.2 Å². The molecule has 0 spiro atoms. The predicted molar refractivity (Wildman–Crippen MR) is 31.5 cm³/mol. The summed E-state index contributed by atoms with van der Waals surface area (Å²) in [4.78, 5) is 20.2. The lowest BCUT2D eigenvalue weighted by Crippen LogP contribution is -2.47. The average Bonchev–Trinajstić information content (AvgIpc) is 1.85. The Morgan fingerprint density at radius 3 is 2.00 bits per heavy atom. The van der Waals surface area contributed by atoms with Crippen LogP contribution in [-0.2, 0) is 4.79 Å². The number of carbonyl (C=O) groups is 2. The van der Waals surface area contributed by atoms with Gasteiger partial charge in [0.25, 0.3) is 5.78 Å². The molecule has 0 atom stereocenters. The van der Waals surface area contributed by atoms with Gasteiger partial charge in [0.1, 0.15) is 6.54 Å². The number of ketones is 1. The van der Waals surface area contributed by atoms with Crippen molar-refractivity contribution in [1.82, 2.24) is 5.01 Å². The number of hydrogen-bond donors (Lipinski definition) is 2. The van der Waals surface area contributed by atoms with Gasteiger partial charge in [-0.15, -0.1) is 0 Å². The molecular formula is C4H6F3N3O2. The molecule has 0 aliphatic heterocycles. The molecule has 70 valence electrons. The molecule has 8 heteroatoms. The van der Waals surface area contributed by atoms with Gasteiger partial charge in [-0.25, -0.2) is 10.6 Å². The molecule has 0 aromatic heterocycles. The van der Waals surface area contributed by atoms with Crippen molar-refractivity contribution in [2.45, 2.75) is 6.18 Å². The zero-order valence-electron chi connectivity index (χ0n) is 5.76. The van der Waals surface area contributed by atoms with Gasteiger partial charge in [0, 0.05) is 0 Å². The zero-order valence-corrected chi connectivity index (χ0v) is 5.76. The Bertz CT molecular complexity index is 202. The number of halogens is 3. The van der Waals surface area contributed by atoms with E-state index in [1.54, 1.807) is 0 Å². The van der Waals surface area contributed by atoms with Crippen LogP contribution >= 0.6 is 0 Å². The molecule has 0 saturated heterocycles. The van der Waals surface area contributed by atoms with Gasteiger partial charge < -0.3 is 5.73 Å². The Balaban J connectivity index is 4.11. The first-order valence-electron chi connectivity index (χ1n) is 2.67. The van der Waals surface area contributed by atoms with Crippen LogP contribution < -0.4 is 11.6 Å². The van der Waals surface area contributed by atoms with E-state index in [4.69, 9.17) is 0 Å². The van der Waals surface area contributed by atoms with E-state index in [0.29, 0.717) is 0 Å². The molecule has 0 rings (SSSR count). The summed E-state index contributed by atoms with van der Waals surface area (Å²) in [5, 5.41) is -0.0180. The highest BCUT2D eigenvalue weighted by Crippen LogP contribution is 2.15. The standard InChI is InChI=1S/C4H6F3N3O2/c5-4(6,7)2(11)1-10(9)3(8)12/h1,9H2,(H2,8,12). The minimum absolute atomic E-state index is 0.0180. The largest absolute Gasteiger partial charge is 0.451 e. The fraction of sp³-hybridized carbons (Fsp3) is 0.500. The Morgan fingerprint density at radius 1 is 1.33 bits per heavy atom. The van der Waals surface area contributed by atoms with Crippen molar-refractivity contribution >= 4 is 11.8 Å². The van der Waals surface area contributed by atoms with Gasteiger partial charge in [0.05, 0.1) is 0 Å². The number of urea groups is 1. The second-order valence-corrected chi connectivity index (χ2v) is 1.89. The summed E-state index contributed by atoms with van der Waals surface area (Å²) in [6, 6.07) is -1.30. The van der Waals surface area contributed by atoms with Gasteiger partial charge in [0.2, 0.25) is 0 Å². The van der Waals surface area contributed by atoms with Crippen LogP contribution in [0.4, 0.5) is 18.0 Å². The van der Waals surface area contributed by atoms with Gasteiger partial charge >= 0.3 is 12.2 Å². The number of amides is 2. The topological polar surface area (TPSA) is 89.4 Å². The van der Waals surface area contributed by atoms with Gasteiger partial charge in [0.15, 0.2) is 0 Å². The third-order valence-electron chi connectivity index (χ3n) is 0.913. The van der Waals surface area contributed by atoms with E-state index in [2.05, 4.69) is 11.6 Å². The second-order valence-electron chi connectivity index (χ2n) is 1.89. The van der Waals surface area contributed by atoms with Crippen LogP contribution in [0.3, 0.4) is 0 Å². The molecule has 2 amide bonds. The Morgan fingerprint density at radius 2 is 1.75 bits per heavy atom. The summed E-state index contributed by atoms with van der Waals surface area (Å²) < 4.78 is 34.5. The van der Waals surface area contributed by atoms with E-state index in [1.165, 1.54) is 0 Å². The highest BCUT2D eigenvalue weighted by molar-refractivity contribution is 5.88. The van der Waals surface area contributed by atoms with Crippen molar-refractivity contribution in [2.24, 2.45) is 11.6 Å². The molecule has 0 aromatic carbocycles. The Kier molecular flexibility index (Phi) is 3.02. The lowest BCUT2D eigenvalue weighted by atomic mass is 10.4. The fourth-order valence-corrected chi connectivity index (χ4v) is 0.322. The number of nitrogens with two attached hydrogens (primary N) is 2. The molecule has 0 aliphatic carbocycles. The van der Waals surface area contributed by atoms with E-state index in [-0.39, 0.29) is 5.01 Å². The summed E-state index contributed by atoms with van der Waals surface area (Å²) in [6.07, 6.45) is -4.99. The first-order valence-corrected chi connectivity index (χ1v) is 2.67. The van der Waals surface area contributed by atoms with E-state index < -0.39 is 24.5 Å². The van der Waals surface area contributed by atoms with Crippen molar-refractivity contribution in [3.05, 3.63) is 0 Å². The van der Waals surface area contributed by atoms with Crippen LogP contribution in [0.5, 0.6) is 0 Å². The van der Waals surface area contributed by atoms with Crippen molar-refractivity contribution < 1.29 is 22.8 Å².